The Bertz CT molecular complexity index is 909. The van der Waals surface area contributed by atoms with Crippen LogP contribution in [-0.2, 0) is 31.0 Å². The average molecular weight is 387 g/mol. The van der Waals surface area contributed by atoms with Gasteiger partial charge in [0.2, 0.25) is 5.41 Å². The predicted octanol–water partition coefficient (Wildman–Crippen LogP) is 2.10. The van der Waals surface area contributed by atoms with Crippen molar-refractivity contribution in [1.82, 2.24) is 0 Å². The fourth-order valence-corrected chi connectivity index (χ4v) is 2.71. The standard InChI is InChI=1S/C19H17NO8/c1-12-9-13(7-8-15(12)20(26)27)10-16(21)28-11-19(17(22)23,18(24)25)14-5-3-2-4-6-14/h2-9H,10-11H2,1H3,(H,22,23)(H,24,25). The van der Waals surface area contributed by atoms with Crippen molar-refractivity contribution in [3.8, 4) is 0 Å². The monoisotopic (exact) mass is 387 g/mol. The largest absolute Gasteiger partial charge is 0.480 e. The van der Waals surface area contributed by atoms with E-state index in [1.807, 2.05) is 0 Å². The van der Waals surface area contributed by atoms with Crippen LogP contribution in [0.15, 0.2) is 48.5 Å². The van der Waals surface area contributed by atoms with E-state index in [9.17, 15) is 34.7 Å². The summed E-state index contributed by atoms with van der Waals surface area (Å²) in [4.78, 5) is 45.9. The lowest BCUT2D eigenvalue weighted by atomic mass is 9.81. The molecule has 2 N–H and O–H groups in total. The van der Waals surface area contributed by atoms with Gasteiger partial charge in [0.05, 0.1) is 11.3 Å². The smallest absolute Gasteiger partial charge is 0.329 e. The minimum Gasteiger partial charge on any atom is -0.480 e. The molecule has 0 atom stereocenters. The molecule has 0 fully saturated rings. The number of benzene rings is 2. The molecule has 146 valence electrons. The summed E-state index contributed by atoms with van der Waals surface area (Å²) in [6, 6.07) is 11.3. The summed E-state index contributed by atoms with van der Waals surface area (Å²) in [6.45, 7) is 0.620. The van der Waals surface area contributed by atoms with Crippen LogP contribution in [0.5, 0.6) is 0 Å². The average Bonchev–Trinajstić information content (AvgIpc) is 2.62. The van der Waals surface area contributed by atoms with Crippen molar-refractivity contribution < 1.29 is 34.3 Å². The van der Waals surface area contributed by atoms with Gasteiger partial charge >= 0.3 is 17.9 Å². The molecule has 9 heteroatoms. The van der Waals surface area contributed by atoms with Crippen LogP contribution in [-0.4, -0.2) is 39.7 Å². The zero-order chi connectivity index (χ0) is 20.9. The van der Waals surface area contributed by atoms with E-state index in [1.54, 1.807) is 6.07 Å². The van der Waals surface area contributed by atoms with E-state index < -0.39 is 34.9 Å². The molecule has 0 saturated heterocycles. The summed E-state index contributed by atoms with van der Waals surface area (Å²) in [5.41, 5.74) is -1.80. The molecule has 0 spiro atoms. The second-order valence-corrected chi connectivity index (χ2v) is 6.10. The Morgan fingerprint density at radius 3 is 2.18 bits per heavy atom. The zero-order valence-corrected chi connectivity index (χ0v) is 14.8. The third kappa shape index (κ3) is 4.14. The first-order valence-electron chi connectivity index (χ1n) is 8.10. The number of carbonyl (C=O) groups excluding carboxylic acids is 1. The van der Waals surface area contributed by atoms with E-state index in [0.717, 1.165) is 0 Å². The van der Waals surface area contributed by atoms with Crippen LogP contribution in [0.3, 0.4) is 0 Å². The maximum atomic E-state index is 12.1. The molecule has 0 aliphatic rings. The highest BCUT2D eigenvalue weighted by Gasteiger charge is 2.50. The summed E-state index contributed by atoms with van der Waals surface area (Å²) < 4.78 is 4.97. The first-order chi connectivity index (χ1) is 13.2. The van der Waals surface area contributed by atoms with Gasteiger partial charge < -0.3 is 14.9 Å². The highest BCUT2D eigenvalue weighted by Crippen LogP contribution is 2.26. The molecule has 0 radical (unpaired) electrons. The van der Waals surface area contributed by atoms with E-state index in [1.165, 1.54) is 49.4 Å². The summed E-state index contributed by atoms with van der Waals surface area (Å²) in [5.74, 6) is -4.17. The lowest BCUT2D eigenvalue weighted by Gasteiger charge is -2.24. The number of hydrogen-bond acceptors (Lipinski definition) is 6. The van der Waals surface area contributed by atoms with Gasteiger partial charge in [0, 0.05) is 11.6 Å². The lowest BCUT2D eigenvalue weighted by Crippen LogP contribution is -2.48. The first-order valence-corrected chi connectivity index (χ1v) is 8.10. The first kappa shape index (κ1) is 20.6. The normalized spacial score (nSPS) is 10.9. The Balaban J connectivity index is 2.18. The Kier molecular flexibility index (Phi) is 6.09. The van der Waals surface area contributed by atoms with Crippen LogP contribution < -0.4 is 0 Å². The van der Waals surface area contributed by atoms with Crippen LogP contribution in [0, 0.1) is 17.0 Å². The molecule has 28 heavy (non-hydrogen) atoms. The molecule has 0 aliphatic heterocycles. The molecule has 0 saturated carbocycles. The van der Waals surface area contributed by atoms with E-state index in [0.29, 0.717) is 11.1 Å². The third-order valence-electron chi connectivity index (χ3n) is 4.25. The summed E-state index contributed by atoms with van der Waals surface area (Å²) in [5, 5.41) is 29.9. The van der Waals surface area contributed by atoms with Crippen LogP contribution in [0.2, 0.25) is 0 Å². The van der Waals surface area contributed by atoms with Gasteiger partial charge in [-0.2, -0.15) is 0 Å². The number of rotatable bonds is 8. The van der Waals surface area contributed by atoms with Gasteiger partial charge in [0.1, 0.15) is 6.61 Å². The number of nitrogens with zero attached hydrogens (tertiary/aromatic N) is 1. The number of nitro benzene ring substituents is 1. The van der Waals surface area contributed by atoms with Crippen molar-refractivity contribution in [2.75, 3.05) is 6.61 Å². The number of aryl methyl sites for hydroxylation is 1. The molecule has 0 unspecified atom stereocenters. The van der Waals surface area contributed by atoms with Gasteiger partial charge in [-0.25, -0.2) is 0 Å². The van der Waals surface area contributed by atoms with Crippen molar-refractivity contribution >= 4 is 23.6 Å². The molecule has 2 aromatic rings. The zero-order valence-electron chi connectivity index (χ0n) is 14.8. The molecule has 0 heterocycles. The topological polar surface area (TPSA) is 144 Å². The second-order valence-electron chi connectivity index (χ2n) is 6.10. The molecule has 9 nitrogen and oxygen atoms in total. The van der Waals surface area contributed by atoms with Crippen LogP contribution >= 0.6 is 0 Å². The Hall–Kier alpha value is -3.75. The van der Waals surface area contributed by atoms with E-state index in [4.69, 9.17) is 4.74 Å². The fraction of sp³-hybridized carbons (Fsp3) is 0.211. The molecular weight excluding hydrogens is 370 g/mol. The number of nitro groups is 1. The quantitative estimate of drug-likeness (QED) is 0.303. The highest BCUT2D eigenvalue weighted by atomic mass is 16.6. The van der Waals surface area contributed by atoms with E-state index >= 15 is 0 Å². The van der Waals surface area contributed by atoms with Gasteiger partial charge in [0.15, 0.2) is 0 Å². The highest BCUT2D eigenvalue weighted by molar-refractivity contribution is 6.05. The Morgan fingerprint density at radius 2 is 1.68 bits per heavy atom. The van der Waals surface area contributed by atoms with Crippen molar-refractivity contribution in [3.05, 3.63) is 75.3 Å². The van der Waals surface area contributed by atoms with E-state index in [2.05, 4.69) is 0 Å². The fourth-order valence-electron chi connectivity index (χ4n) is 2.71. The summed E-state index contributed by atoms with van der Waals surface area (Å²) >= 11 is 0. The number of carbonyl (C=O) groups is 3. The maximum Gasteiger partial charge on any atom is 0.329 e. The molecule has 0 bridgehead atoms. The number of carboxylic acids is 2. The lowest BCUT2D eigenvalue weighted by molar-refractivity contribution is -0.385. The molecule has 2 aromatic carbocycles. The number of esters is 1. The Morgan fingerprint density at radius 1 is 1.07 bits per heavy atom. The van der Waals surface area contributed by atoms with Gasteiger partial charge in [-0.05, 0) is 24.1 Å². The second kappa shape index (κ2) is 8.30. The number of carboxylic acid groups (broad SMARTS) is 2. The molecule has 0 aliphatic carbocycles. The van der Waals surface area contributed by atoms with Gasteiger partial charge in [-0.15, -0.1) is 0 Å². The predicted molar refractivity (Wildman–Crippen MR) is 95.9 cm³/mol. The van der Waals surface area contributed by atoms with Crippen LogP contribution in [0.25, 0.3) is 0 Å². The van der Waals surface area contributed by atoms with Crippen LogP contribution in [0.4, 0.5) is 5.69 Å². The van der Waals surface area contributed by atoms with E-state index in [-0.39, 0.29) is 17.7 Å². The van der Waals surface area contributed by atoms with Crippen molar-refractivity contribution in [1.29, 1.82) is 0 Å². The van der Waals surface area contributed by atoms with Gasteiger partial charge in [-0.1, -0.05) is 36.4 Å². The van der Waals surface area contributed by atoms with Crippen molar-refractivity contribution in [2.24, 2.45) is 0 Å². The minimum atomic E-state index is -2.44. The minimum absolute atomic E-state index is 0.0334. The maximum absolute atomic E-state index is 12.1. The number of hydrogen-bond donors (Lipinski definition) is 2. The SMILES string of the molecule is Cc1cc(CC(=O)OCC(C(=O)O)(C(=O)O)c2ccccc2)ccc1[N+](=O)[O-]. The number of ether oxygens (including phenoxy) is 1. The summed E-state index contributed by atoms with van der Waals surface area (Å²) in [7, 11) is 0. The van der Waals surface area contributed by atoms with Gasteiger partial charge in [0.25, 0.3) is 5.69 Å². The molecular formula is C19H17NO8. The number of aliphatic carboxylic acids is 2. The van der Waals surface area contributed by atoms with Gasteiger partial charge in [-0.3, -0.25) is 24.5 Å². The van der Waals surface area contributed by atoms with Crippen molar-refractivity contribution in [2.45, 2.75) is 18.8 Å². The molecule has 0 amide bonds. The summed E-state index contributed by atoms with van der Waals surface area (Å²) in [6.07, 6.45) is -0.289. The Labute approximate surface area is 159 Å². The van der Waals surface area contributed by atoms with Crippen molar-refractivity contribution in [3.63, 3.8) is 0 Å². The van der Waals surface area contributed by atoms with Crippen LogP contribution in [0.1, 0.15) is 16.7 Å². The molecule has 0 aromatic heterocycles. The third-order valence-corrected chi connectivity index (χ3v) is 4.25. The molecule has 2 rings (SSSR count).